The van der Waals surface area contributed by atoms with E-state index in [1.807, 2.05) is 20.8 Å². The van der Waals surface area contributed by atoms with Crippen LogP contribution < -0.4 is 5.32 Å². The highest BCUT2D eigenvalue weighted by atomic mass is 16.6. The van der Waals surface area contributed by atoms with Crippen LogP contribution in [-0.2, 0) is 19.1 Å². The average Bonchev–Trinajstić information content (AvgIpc) is 2.93. The first-order valence-electron chi connectivity index (χ1n) is 7.10. The van der Waals surface area contributed by atoms with Crippen molar-refractivity contribution in [2.24, 2.45) is 0 Å². The summed E-state index contributed by atoms with van der Waals surface area (Å²) in [5, 5.41) is 2.66. The van der Waals surface area contributed by atoms with Crippen LogP contribution in [0, 0.1) is 0 Å². The highest BCUT2D eigenvalue weighted by Crippen LogP contribution is 2.23. The van der Waals surface area contributed by atoms with Gasteiger partial charge in [-0.3, -0.25) is 9.59 Å². The van der Waals surface area contributed by atoms with Crippen LogP contribution in [0.2, 0.25) is 0 Å². The number of hydrogen-bond donors (Lipinski definition) is 1. The van der Waals surface area contributed by atoms with Gasteiger partial charge in [0.25, 0.3) is 0 Å². The molecule has 0 aromatic rings. The maximum Gasteiger partial charge on any atom is 0.329 e. The van der Waals surface area contributed by atoms with Crippen molar-refractivity contribution in [3.8, 4) is 0 Å². The minimum atomic E-state index is -0.560. The molecule has 1 N–H and O–H groups in total. The normalized spacial score (nSPS) is 26.6. The van der Waals surface area contributed by atoms with Crippen LogP contribution in [0.25, 0.3) is 0 Å². The van der Waals surface area contributed by atoms with Crippen LogP contribution in [0.1, 0.15) is 46.5 Å². The summed E-state index contributed by atoms with van der Waals surface area (Å²) in [4.78, 5) is 37.3. The second-order valence-corrected chi connectivity index (χ2v) is 6.38. The molecule has 0 bridgehead atoms. The monoisotopic (exact) mass is 282 g/mol. The smallest absolute Gasteiger partial charge is 0.329 e. The SMILES string of the molecule is CC(C)(C)OC(=O)[C@H]1CCCN1C(=O)[C@@H]1CCC(=O)N1. The summed E-state index contributed by atoms with van der Waals surface area (Å²) in [7, 11) is 0. The van der Waals surface area contributed by atoms with E-state index in [-0.39, 0.29) is 17.8 Å². The summed E-state index contributed by atoms with van der Waals surface area (Å²) in [6, 6.07) is -0.996. The van der Waals surface area contributed by atoms with E-state index in [4.69, 9.17) is 4.74 Å². The first kappa shape index (κ1) is 14.8. The molecular formula is C14H22N2O4. The third kappa shape index (κ3) is 3.29. The average molecular weight is 282 g/mol. The maximum atomic E-state index is 12.4. The summed E-state index contributed by atoms with van der Waals surface area (Å²) in [5.41, 5.74) is -0.560. The van der Waals surface area contributed by atoms with Gasteiger partial charge in [0.05, 0.1) is 0 Å². The van der Waals surface area contributed by atoms with E-state index in [1.54, 1.807) is 4.90 Å². The second kappa shape index (κ2) is 5.42. The largest absolute Gasteiger partial charge is 0.458 e. The predicted molar refractivity (Wildman–Crippen MR) is 71.7 cm³/mol. The van der Waals surface area contributed by atoms with Crippen molar-refractivity contribution in [2.75, 3.05) is 6.54 Å². The minimum absolute atomic E-state index is 0.101. The van der Waals surface area contributed by atoms with Crippen molar-refractivity contribution in [1.82, 2.24) is 10.2 Å². The number of rotatable bonds is 2. The molecule has 2 saturated heterocycles. The molecule has 20 heavy (non-hydrogen) atoms. The molecule has 0 aromatic carbocycles. The molecule has 0 aliphatic carbocycles. The zero-order valence-electron chi connectivity index (χ0n) is 12.3. The zero-order chi connectivity index (χ0) is 14.9. The van der Waals surface area contributed by atoms with Gasteiger partial charge in [-0.15, -0.1) is 0 Å². The summed E-state index contributed by atoms with van der Waals surface area (Å²) in [5.74, 6) is -0.617. The van der Waals surface area contributed by atoms with Gasteiger partial charge >= 0.3 is 5.97 Å². The molecule has 6 heteroatoms. The molecule has 2 fully saturated rings. The van der Waals surface area contributed by atoms with Gasteiger partial charge in [-0.1, -0.05) is 0 Å². The fourth-order valence-electron chi connectivity index (χ4n) is 2.64. The van der Waals surface area contributed by atoms with E-state index in [0.29, 0.717) is 25.8 Å². The lowest BCUT2D eigenvalue weighted by Crippen LogP contribution is -2.50. The van der Waals surface area contributed by atoms with Gasteiger partial charge in [-0.25, -0.2) is 4.79 Å². The third-order valence-corrected chi connectivity index (χ3v) is 3.51. The van der Waals surface area contributed by atoms with Crippen molar-refractivity contribution in [3.63, 3.8) is 0 Å². The number of nitrogens with one attached hydrogen (secondary N) is 1. The lowest BCUT2D eigenvalue weighted by Gasteiger charge is -2.28. The molecular weight excluding hydrogens is 260 g/mol. The number of esters is 1. The molecule has 112 valence electrons. The Morgan fingerprint density at radius 3 is 2.55 bits per heavy atom. The Hall–Kier alpha value is -1.59. The van der Waals surface area contributed by atoms with Crippen molar-refractivity contribution in [1.29, 1.82) is 0 Å². The van der Waals surface area contributed by atoms with Crippen LogP contribution in [0.3, 0.4) is 0 Å². The van der Waals surface area contributed by atoms with Gasteiger partial charge in [0.2, 0.25) is 11.8 Å². The quantitative estimate of drug-likeness (QED) is 0.752. The van der Waals surface area contributed by atoms with Crippen LogP contribution in [-0.4, -0.2) is 46.9 Å². The van der Waals surface area contributed by atoms with Crippen LogP contribution >= 0.6 is 0 Å². The van der Waals surface area contributed by atoms with Crippen molar-refractivity contribution in [2.45, 2.75) is 64.1 Å². The molecule has 2 heterocycles. The standard InChI is InChI=1S/C14H22N2O4/c1-14(2,3)20-13(19)10-5-4-8-16(10)12(18)9-6-7-11(17)15-9/h9-10H,4-8H2,1-3H3,(H,15,17)/t9-,10+/m0/s1. The van der Waals surface area contributed by atoms with Gasteiger partial charge in [0.1, 0.15) is 17.7 Å². The maximum absolute atomic E-state index is 12.4. The highest BCUT2D eigenvalue weighted by Gasteiger charge is 2.40. The summed E-state index contributed by atoms with van der Waals surface area (Å²) in [6.07, 6.45) is 2.30. The number of amides is 2. The molecule has 0 saturated carbocycles. The predicted octanol–water partition coefficient (Wildman–Crippen LogP) is 0.598. The van der Waals surface area contributed by atoms with Crippen LogP contribution in [0.4, 0.5) is 0 Å². The number of ether oxygens (including phenoxy) is 1. The Bertz CT molecular complexity index is 427. The number of carbonyl (C=O) groups excluding carboxylic acids is 3. The van der Waals surface area contributed by atoms with Gasteiger partial charge in [-0.05, 0) is 40.0 Å². The van der Waals surface area contributed by atoms with Gasteiger partial charge < -0.3 is 15.0 Å². The first-order valence-corrected chi connectivity index (χ1v) is 7.10. The van der Waals surface area contributed by atoms with E-state index >= 15 is 0 Å². The molecule has 2 amide bonds. The number of nitrogens with zero attached hydrogens (tertiary/aromatic N) is 1. The molecule has 0 unspecified atom stereocenters. The minimum Gasteiger partial charge on any atom is -0.458 e. The fourth-order valence-corrected chi connectivity index (χ4v) is 2.64. The number of carbonyl (C=O) groups is 3. The Morgan fingerprint density at radius 2 is 2.00 bits per heavy atom. The Labute approximate surface area is 118 Å². The van der Waals surface area contributed by atoms with Crippen molar-refractivity contribution < 1.29 is 19.1 Å². The lowest BCUT2D eigenvalue weighted by molar-refractivity contribution is -0.163. The van der Waals surface area contributed by atoms with Crippen LogP contribution in [0.5, 0.6) is 0 Å². The molecule has 2 atom stereocenters. The second-order valence-electron chi connectivity index (χ2n) is 6.38. The van der Waals surface area contributed by atoms with E-state index in [0.717, 1.165) is 6.42 Å². The fraction of sp³-hybridized carbons (Fsp3) is 0.786. The Kier molecular flexibility index (Phi) is 4.01. The van der Waals surface area contributed by atoms with Crippen molar-refractivity contribution >= 4 is 17.8 Å². The summed E-state index contributed by atoms with van der Waals surface area (Å²) < 4.78 is 5.37. The van der Waals surface area contributed by atoms with Gasteiger partial charge in [-0.2, -0.15) is 0 Å². The summed E-state index contributed by atoms with van der Waals surface area (Å²) in [6.45, 7) is 5.98. The van der Waals surface area contributed by atoms with Gasteiger partial charge in [0, 0.05) is 13.0 Å². The highest BCUT2D eigenvalue weighted by molar-refractivity contribution is 5.93. The molecule has 0 spiro atoms. The topological polar surface area (TPSA) is 75.7 Å². The van der Waals surface area contributed by atoms with E-state index < -0.39 is 17.7 Å². The molecule has 0 radical (unpaired) electrons. The molecule has 0 aromatic heterocycles. The summed E-state index contributed by atoms with van der Waals surface area (Å²) >= 11 is 0. The Morgan fingerprint density at radius 1 is 1.30 bits per heavy atom. The lowest BCUT2D eigenvalue weighted by atomic mass is 10.1. The van der Waals surface area contributed by atoms with Gasteiger partial charge in [0.15, 0.2) is 0 Å². The molecule has 2 rings (SSSR count). The van der Waals surface area contributed by atoms with E-state index in [1.165, 1.54) is 0 Å². The molecule has 2 aliphatic heterocycles. The Balaban J connectivity index is 2.01. The van der Waals surface area contributed by atoms with Crippen LogP contribution in [0.15, 0.2) is 0 Å². The first-order chi connectivity index (χ1) is 9.28. The zero-order valence-corrected chi connectivity index (χ0v) is 12.3. The number of hydrogen-bond acceptors (Lipinski definition) is 4. The molecule has 6 nitrogen and oxygen atoms in total. The number of likely N-dealkylation sites (tertiary alicyclic amines) is 1. The van der Waals surface area contributed by atoms with E-state index in [2.05, 4.69) is 5.32 Å². The van der Waals surface area contributed by atoms with E-state index in [9.17, 15) is 14.4 Å². The molecule has 2 aliphatic rings. The van der Waals surface area contributed by atoms with Crippen molar-refractivity contribution in [3.05, 3.63) is 0 Å². The third-order valence-electron chi connectivity index (χ3n) is 3.51.